The minimum Gasteiger partial charge on any atom is -0.268 e. The van der Waals surface area contributed by atoms with Crippen molar-refractivity contribution in [3.05, 3.63) is 83.7 Å². The van der Waals surface area contributed by atoms with Gasteiger partial charge in [0.05, 0.1) is 22.8 Å². The maximum absolute atomic E-state index is 13.0. The summed E-state index contributed by atoms with van der Waals surface area (Å²) in [7, 11) is 0. The van der Waals surface area contributed by atoms with Crippen LogP contribution in [0.4, 0.5) is 0 Å². The number of fused-ring (bicyclic) bond motifs is 1. The van der Waals surface area contributed by atoms with Crippen molar-refractivity contribution >= 4 is 10.9 Å². The third kappa shape index (κ3) is 2.28. The van der Waals surface area contributed by atoms with Crippen LogP contribution in [0, 0.1) is 0 Å². The molecule has 0 spiro atoms. The lowest BCUT2D eigenvalue weighted by Gasteiger charge is -2.13. The highest BCUT2D eigenvalue weighted by Gasteiger charge is 2.14. The number of pyridine rings is 2. The van der Waals surface area contributed by atoms with E-state index in [2.05, 4.69) is 15.0 Å². The van der Waals surface area contributed by atoms with Crippen LogP contribution < -0.4 is 5.56 Å². The van der Waals surface area contributed by atoms with E-state index in [0.717, 1.165) is 5.56 Å². The van der Waals surface area contributed by atoms with Crippen molar-refractivity contribution in [2.45, 2.75) is 0 Å². The van der Waals surface area contributed by atoms with Gasteiger partial charge in [0.25, 0.3) is 5.56 Å². The van der Waals surface area contributed by atoms with Crippen LogP contribution in [0.5, 0.6) is 0 Å². The summed E-state index contributed by atoms with van der Waals surface area (Å²) in [6.45, 7) is 0. The highest BCUT2D eigenvalue weighted by molar-refractivity contribution is 5.80. The van der Waals surface area contributed by atoms with E-state index in [4.69, 9.17) is 0 Å². The first-order valence-corrected chi connectivity index (χ1v) is 7.17. The monoisotopic (exact) mass is 300 g/mol. The summed E-state index contributed by atoms with van der Waals surface area (Å²) in [6, 6.07) is 14.7. The van der Waals surface area contributed by atoms with E-state index in [-0.39, 0.29) is 5.56 Å². The van der Waals surface area contributed by atoms with E-state index in [0.29, 0.717) is 22.4 Å². The van der Waals surface area contributed by atoms with Crippen molar-refractivity contribution in [2.75, 3.05) is 0 Å². The Bertz CT molecular complexity index is 1030. The summed E-state index contributed by atoms with van der Waals surface area (Å²) in [5.41, 5.74) is 1.99. The van der Waals surface area contributed by atoms with Gasteiger partial charge in [-0.15, -0.1) is 0 Å². The Morgan fingerprint density at radius 1 is 0.826 bits per heavy atom. The summed E-state index contributed by atoms with van der Waals surface area (Å²) in [5.74, 6) is 0.551. The van der Waals surface area contributed by atoms with E-state index in [1.807, 2.05) is 36.4 Å². The molecule has 0 amide bonds. The predicted octanol–water partition coefficient (Wildman–Crippen LogP) is 2.84. The lowest BCUT2D eigenvalue weighted by Crippen LogP contribution is -2.22. The zero-order chi connectivity index (χ0) is 15.6. The molecular formula is C18H12N4O. The van der Waals surface area contributed by atoms with Gasteiger partial charge in [-0.3, -0.25) is 19.3 Å². The summed E-state index contributed by atoms with van der Waals surface area (Å²) >= 11 is 0. The van der Waals surface area contributed by atoms with Gasteiger partial charge < -0.3 is 0 Å². The van der Waals surface area contributed by atoms with Gasteiger partial charge >= 0.3 is 0 Å². The fourth-order valence-electron chi connectivity index (χ4n) is 2.55. The number of hydrogen-bond acceptors (Lipinski definition) is 4. The second-order valence-electron chi connectivity index (χ2n) is 5.05. The summed E-state index contributed by atoms with van der Waals surface area (Å²) in [5, 5.41) is 0.573. The summed E-state index contributed by atoms with van der Waals surface area (Å²) < 4.78 is 1.58. The van der Waals surface area contributed by atoms with Crippen molar-refractivity contribution in [1.82, 2.24) is 19.5 Å². The van der Waals surface area contributed by atoms with Gasteiger partial charge in [0, 0.05) is 24.2 Å². The minimum absolute atomic E-state index is 0.123. The number of aromatic nitrogens is 4. The molecule has 0 aliphatic heterocycles. The fourth-order valence-corrected chi connectivity index (χ4v) is 2.55. The van der Waals surface area contributed by atoms with Crippen LogP contribution >= 0.6 is 0 Å². The molecule has 0 aliphatic carbocycles. The molecule has 1 aromatic carbocycles. The van der Waals surface area contributed by atoms with Gasteiger partial charge in [-0.25, -0.2) is 4.98 Å². The summed E-state index contributed by atoms with van der Waals surface area (Å²) in [6.07, 6.45) is 6.71. The predicted molar refractivity (Wildman–Crippen MR) is 88.4 cm³/mol. The normalized spacial score (nSPS) is 10.8. The second-order valence-corrected chi connectivity index (χ2v) is 5.05. The minimum atomic E-state index is -0.123. The average Bonchev–Trinajstić information content (AvgIpc) is 2.63. The first kappa shape index (κ1) is 13.3. The van der Waals surface area contributed by atoms with Crippen molar-refractivity contribution in [3.8, 4) is 17.1 Å². The Morgan fingerprint density at radius 2 is 1.61 bits per heavy atom. The zero-order valence-corrected chi connectivity index (χ0v) is 12.1. The van der Waals surface area contributed by atoms with Crippen LogP contribution in [0.1, 0.15) is 0 Å². The average molecular weight is 300 g/mol. The van der Waals surface area contributed by atoms with Crippen molar-refractivity contribution in [3.63, 3.8) is 0 Å². The van der Waals surface area contributed by atoms with Gasteiger partial charge in [-0.1, -0.05) is 12.1 Å². The maximum atomic E-state index is 13.0. The van der Waals surface area contributed by atoms with Gasteiger partial charge in [0.15, 0.2) is 0 Å². The van der Waals surface area contributed by atoms with E-state index in [1.54, 1.807) is 41.5 Å². The first-order chi connectivity index (χ1) is 11.3. The van der Waals surface area contributed by atoms with Crippen LogP contribution in [-0.4, -0.2) is 19.5 Å². The molecule has 5 heteroatoms. The number of hydrogen-bond donors (Lipinski definition) is 0. The number of para-hydroxylation sites is 1. The summed E-state index contributed by atoms with van der Waals surface area (Å²) in [4.78, 5) is 25.9. The Labute approximate surface area is 131 Å². The molecule has 0 unspecified atom stereocenters. The zero-order valence-electron chi connectivity index (χ0n) is 12.1. The van der Waals surface area contributed by atoms with E-state index >= 15 is 0 Å². The van der Waals surface area contributed by atoms with Gasteiger partial charge in [-0.2, -0.15) is 0 Å². The van der Waals surface area contributed by atoms with Crippen molar-refractivity contribution < 1.29 is 0 Å². The topological polar surface area (TPSA) is 60.7 Å². The molecule has 0 saturated heterocycles. The van der Waals surface area contributed by atoms with Crippen LogP contribution in [0.15, 0.2) is 78.1 Å². The van der Waals surface area contributed by atoms with Crippen molar-refractivity contribution in [2.24, 2.45) is 0 Å². The number of nitrogens with zero attached hydrogens (tertiary/aromatic N) is 4. The van der Waals surface area contributed by atoms with E-state index in [9.17, 15) is 4.79 Å². The first-order valence-electron chi connectivity index (χ1n) is 7.17. The molecule has 0 N–H and O–H groups in total. The maximum Gasteiger partial charge on any atom is 0.266 e. The Balaban J connectivity index is 2.14. The van der Waals surface area contributed by atoms with E-state index in [1.165, 1.54) is 0 Å². The molecule has 110 valence electrons. The Kier molecular flexibility index (Phi) is 3.16. The Morgan fingerprint density at radius 3 is 2.35 bits per heavy atom. The Hall–Kier alpha value is -3.34. The largest absolute Gasteiger partial charge is 0.268 e. The lowest BCUT2D eigenvalue weighted by molar-refractivity contribution is 0.963. The quantitative estimate of drug-likeness (QED) is 0.571. The van der Waals surface area contributed by atoms with Crippen molar-refractivity contribution in [1.29, 1.82) is 0 Å². The molecule has 4 rings (SSSR count). The molecular weight excluding hydrogens is 288 g/mol. The third-order valence-corrected chi connectivity index (χ3v) is 3.60. The fraction of sp³-hybridized carbons (Fsp3) is 0. The molecule has 5 nitrogen and oxygen atoms in total. The van der Waals surface area contributed by atoms with Gasteiger partial charge in [0.1, 0.15) is 5.82 Å². The number of rotatable bonds is 2. The van der Waals surface area contributed by atoms with Crippen LogP contribution in [0.2, 0.25) is 0 Å². The molecule has 0 bridgehead atoms. The second kappa shape index (κ2) is 5.46. The molecule has 0 radical (unpaired) electrons. The highest BCUT2D eigenvalue weighted by Crippen LogP contribution is 2.20. The molecule has 0 atom stereocenters. The van der Waals surface area contributed by atoms with Crippen LogP contribution in [0.3, 0.4) is 0 Å². The standard InChI is InChI=1S/C18H12N4O/c23-18-15-7-1-2-8-16(15)21-17(13-5-3-9-19-11-13)22(18)14-6-4-10-20-12-14/h1-12H. The molecule has 3 aromatic heterocycles. The third-order valence-electron chi connectivity index (χ3n) is 3.60. The van der Waals surface area contributed by atoms with E-state index < -0.39 is 0 Å². The van der Waals surface area contributed by atoms with Crippen LogP contribution in [-0.2, 0) is 0 Å². The lowest BCUT2D eigenvalue weighted by atomic mass is 10.2. The molecule has 3 heterocycles. The van der Waals surface area contributed by atoms with Gasteiger partial charge in [-0.05, 0) is 36.4 Å². The SMILES string of the molecule is O=c1c2ccccc2nc(-c2cccnc2)n1-c1cccnc1. The van der Waals surface area contributed by atoms with Crippen LogP contribution in [0.25, 0.3) is 28.0 Å². The molecule has 23 heavy (non-hydrogen) atoms. The molecule has 4 aromatic rings. The molecule has 0 fully saturated rings. The van der Waals surface area contributed by atoms with Gasteiger partial charge in [0.2, 0.25) is 0 Å². The number of benzene rings is 1. The smallest absolute Gasteiger partial charge is 0.266 e. The molecule has 0 saturated carbocycles. The molecule has 0 aliphatic rings. The highest BCUT2D eigenvalue weighted by atomic mass is 16.1.